The van der Waals surface area contributed by atoms with Crippen LogP contribution in [0.2, 0.25) is 0 Å². The third kappa shape index (κ3) is 11.8. The molecule has 0 fully saturated rings. The first-order chi connectivity index (χ1) is 5.71. The van der Waals surface area contributed by atoms with E-state index in [9.17, 15) is 9.13 Å². The zero-order chi connectivity index (χ0) is 10.5. The molecular formula is C3H8O8P2. The van der Waals surface area contributed by atoms with Gasteiger partial charge in [0.2, 0.25) is 0 Å². The zero-order valence-electron chi connectivity index (χ0n) is 6.18. The molecule has 0 aliphatic carbocycles. The summed E-state index contributed by atoms with van der Waals surface area (Å²) >= 11 is 0. The van der Waals surface area contributed by atoms with Gasteiger partial charge in [-0.1, -0.05) is 0 Å². The molecule has 4 N–H and O–H groups in total. The first kappa shape index (κ1) is 12.8. The molecule has 0 saturated carbocycles. The molecule has 8 nitrogen and oxygen atoms in total. The summed E-state index contributed by atoms with van der Waals surface area (Å²) in [5.41, 5.74) is 0. The van der Waals surface area contributed by atoms with Gasteiger partial charge in [0.1, 0.15) is 0 Å². The van der Waals surface area contributed by atoms with Gasteiger partial charge < -0.3 is 14.3 Å². The number of hydrogen-bond donors (Lipinski definition) is 4. The summed E-state index contributed by atoms with van der Waals surface area (Å²) in [6.07, 6.45) is 1.49. The Labute approximate surface area is 73.3 Å². The maximum Gasteiger partial charge on any atom is 0.524 e. The summed E-state index contributed by atoms with van der Waals surface area (Å²) in [7, 11) is -9.13. The van der Waals surface area contributed by atoms with E-state index in [1.54, 1.807) is 0 Å². The van der Waals surface area contributed by atoms with Crippen LogP contribution >= 0.6 is 15.6 Å². The standard InChI is InChI=1S/C3H8O8P2/c4-12(5,6)10-2-1-3-11-13(7,8)9/h1-2H,3H2,(H2,4,5,6)(H2,7,8,9)/b2-1+. The fourth-order valence-corrected chi connectivity index (χ4v) is 0.827. The van der Waals surface area contributed by atoms with Crippen molar-refractivity contribution in [3.05, 3.63) is 12.3 Å². The SMILES string of the molecule is O=P(O)(O)O/C=C/COP(=O)(O)O. The van der Waals surface area contributed by atoms with E-state index in [1.807, 2.05) is 0 Å². The molecule has 0 rings (SSSR count). The summed E-state index contributed by atoms with van der Waals surface area (Å²) in [5.74, 6) is 0. The molecular weight excluding hydrogens is 226 g/mol. The maximum atomic E-state index is 10.0. The molecule has 10 heteroatoms. The van der Waals surface area contributed by atoms with E-state index in [2.05, 4.69) is 9.05 Å². The number of hydrogen-bond acceptors (Lipinski definition) is 4. The molecule has 0 aromatic heterocycles. The van der Waals surface area contributed by atoms with Crippen LogP contribution < -0.4 is 0 Å². The molecule has 0 aliphatic rings. The Bertz CT molecular complexity index is 259. The highest BCUT2D eigenvalue weighted by Crippen LogP contribution is 2.37. The average Bonchev–Trinajstić information content (AvgIpc) is 1.81. The van der Waals surface area contributed by atoms with Crippen LogP contribution in [0.5, 0.6) is 0 Å². The van der Waals surface area contributed by atoms with Crippen molar-refractivity contribution in [3.63, 3.8) is 0 Å². The second kappa shape index (κ2) is 4.88. The molecule has 0 aromatic rings. The van der Waals surface area contributed by atoms with Crippen molar-refractivity contribution < 1.29 is 37.8 Å². The predicted octanol–water partition coefficient (Wildman–Crippen LogP) is -0.281. The first-order valence-electron chi connectivity index (χ1n) is 2.80. The van der Waals surface area contributed by atoms with E-state index in [1.165, 1.54) is 0 Å². The molecule has 0 amide bonds. The predicted molar refractivity (Wildman–Crippen MR) is 40.3 cm³/mol. The molecule has 13 heavy (non-hydrogen) atoms. The minimum Gasteiger partial charge on any atom is -0.412 e. The Morgan fingerprint density at radius 1 is 1.08 bits per heavy atom. The third-order valence-electron chi connectivity index (χ3n) is 0.633. The lowest BCUT2D eigenvalue weighted by Crippen LogP contribution is -1.88. The second-order valence-electron chi connectivity index (χ2n) is 1.75. The van der Waals surface area contributed by atoms with Crippen LogP contribution in [-0.4, -0.2) is 26.2 Å². The molecule has 0 radical (unpaired) electrons. The normalized spacial score (nSPS) is 13.5. The van der Waals surface area contributed by atoms with Gasteiger partial charge in [-0.25, -0.2) is 9.13 Å². The third-order valence-corrected chi connectivity index (χ3v) is 1.52. The Morgan fingerprint density at radius 3 is 2.00 bits per heavy atom. The van der Waals surface area contributed by atoms with Crippen molar-refractivity contribution in [1.29, 1.82) is 0 Å². The van der Waals surface area contributed by atoms with Crippen LogP contribution in [-0.2, 0) is 18.2 Å². The van der Waals surface area contributed by atoms with Crippen LogP contribution in [0.15, 0.2) is 12.3 Å². The van der Waals surface area contributed by atoms with Crippen molar-refractivity contribution in [2.45, 2.75) is 0 Å². The molecule has 78 valence electrons. The van der Waals surface area contributed by atoms with Crippen molar-refractivity contribution in [2.75, 3.05) is 6.61 Å². The quantitative estimate of drug-likeness (QED) is 0.377. The summed E-state index contributed by atoms with van der Waals surface area (Å²) in [4.78, 5) is 32.5. The minimum atomic E-state index is -4.58. The smallest absolute Gasteiger partial charge is 0.412 e. The van der Waals surface area contributed by atoms with Gasteiger partial charge in [-0.3, -0.25) is 14.3 Å². The van der Waals surface area contributed by atoms with Crippen LogP contribution in [0.4, 0.5) is 0 Å². The van der Waals surface area contributed by atoms with E-state index in [4.69, 9.17) is 19.6 Å². The first-order valence-corrected chi connectivity index (χ1v) is 5.86. The van der Waals surface area contributed by atoms with Gasteiger partial charge in [0.05, 0.1) is 12.9 Å². The number of phosphoric acid groups is 2. The molecule has 0 spiro atoms. The van der Waals surface area contributed by atoms with Crippen molar-refractivity contribution in [2.24, 2.45) is 0 Å². The molecule has 0 bridgehead atoms. The van der Waals surface area contributed by atoms with E-state index < -0.39 is 22.3 Å². The van der Waals surface area contributed by atoms with Crippen molar-refractivity contribution in [3.8, 4) is 0 Å². The van der Waals surface area contributed by atoms with E-state index in [0.29, 0.717) is 6.26 Å². The zero-order valence-corrected chi connectivity index (χ0v) is 7.97. The second-order valence-corrected chi connectivity index (χ2v) is 4.19. The monoisotopic (exact) mass is 234 g/mol. The van der Waals surface area contributed by atoms with Crippen LogP contribution in [0, 0.1) is 0 Å². The number of phosphoric ester groups is 2. The Kier molecular flexibility index (Phi) is 4.80. The van der Waals surface area contributed by atoms with Crippen LogP contribution in [0.25, 0.3) is 0 Å². The van der Waals surface area contributed by atoms with Gasteiger partial charge in [0.25, 0.3) is 0 Å². The van der Waals surface area contributed by atoms with Crippen molar-refractivity contribution >= 4 is 15.6 Å². The van der Waals surface area contributed by atoms with Crippen LogP contribution in [0.3, 0.4) is 0 Å². The summed E-state index contributed by atoms with van der Waals surface area (Å²) in [6, 6.07) is 0. The van der Waals surface area contributed by atoms with E-state index in [-0.39, 0.29) is 0 Å². The molecule has 0 aliphatic heterocycles. The van der Waals surface area contributed by atoms with Gasteiger partial charge in [-0.2, -0.15) is 0 Å². The Balaban J connectivity index is 3.67. The molecule has 0 atom stereocenters. The van der Waals surface area contributed by atoms with Gasteiger partial charge in [-0.05, 0) is 6.08 Å². The highest BCUT2D eigenvalue weighted by molar-refractivity contribution is 7.46. The fourth-order valence-electron chi connectivity index (χ4n) is 0.302. The average molecular weight is 234 g/mol. The molecule has 0 saturated heterocycles. The fraction of sp³-hybridized carbons (Fsp3) is 0.333. The van der Waals surface area contributed by atoms with Gasteiger partial charge in [0, 0.05) is 0 Å². The van der Waals surface area contributed by atoms with Gasteiger partial charge >= 0.3 is 15.6 Å². The topological polar surface area (TPSA) is 134 Å². The maximum absolute atomic E-state index is 10.0. The lowest BCUT2D eigenvalue weighted by atomic mass is 10.7. The lowest BCUT2D eigenvalue weighted by molar-refractivity contribution is 0.214. The molecule has 0 unspecified atom stereocenters. The summed E-state index contributed by atoms with van der Waals surface area (Å²) in [6.45, 7) is -0.510. The molecule has 0 heterocycles. The van der Waals surface area contributed by atoms with E-state index in [0.717, 1.165) is 6.08 Å². The van der Waals surface area contributed by atoms with E-state index >= 15 is 0 Å². The Morgan fingerprint density at radius 2 is 1.62 bits per heavy atom. The van der Waals surface area contributed by atoms with Crippen molar-refractivity contribution in [1.82, 2.24) is 0 Å². The number of rotatable bonds is 5. The summed E-state index contributed by atoms with van der Waals surface area (Å²) in [5, 5.41) is 0. The van der Waals surface area contributed by atoms with Gasteiger partial charge in [0.15, 0.2) is 0 Å². The van der Waals surface area contributed by atoms with Gasteiger partial charge in [-0.15, -0.1) is 0 Å². The molecule has 0 aromatic carbocycles. The highest BCUT2D eigenvalue weighted by atomic mass is 31.2. The minimum absolute atomic E-state index is 0.510. The highest BCUT2D eigenvalue weighted by Gasteiger charge is 2.13. The largest absolute Gasteiger partial charge is 0.524 e. The Hall–Kier alpha value is -0.200. The lowest BCUT2D eigenvalue weighted by Gasteiger charge is -2.01. The summed E-state index contributed by atoms with van der Waals surface area (Å²) < 4.78 is 27.7. The van der Waals surface area contributed by atoms with Crippen LogP contribution in [0.1, 0.15) is 0 Å².